The fourth-order valence-electron chi connectivity index (χ4n) is 1.23. The molecule has 0 radical (unpaired) electrons. The van der Waals surface area contributed by atoms with E-state index in [0.29, 0.717) is 25.7 Å². The van der Waals surface area contributed by atoms with Gasteiger partial charge in [-0.1, -0.05) is 6.92 Å². The van der Waals surface area contributed by atoms with Gasteiger partial charge in [-0.05, 0) is 12.3 Å². The minimum absolute atomic E-state index is 0.0353. The lowest BCUT2D eigenvalue weighted by Crippen LogP contribution is -2.29. The summed E-state index contributed by atoms with van der Waals surface area (Å²) in [6.07, 6.45) is 1.02. The number of aliphatic hydroxyl groups is 1. The molecule has 4 heteroatoms. The Bertz CT molecular complexity index is 172. The smallest absolute Gasteiger partial charge is 0.223 e. The van der Waals surface area contributed by atoms with Crippen LogP contribution in [0.1, 0.15) is 13.3 Å². The van der Waals surface area contributed by atoms with Crippen molar-refractivity contribution in [1.29, 1.82) is 0 Å². The van der Waals surface area contributed by atoms with Gasteiger partial charge in [-0.2, -0.15) is 0 Å². The van der Waals surface area contributed by atoms with Crippen molar-refractivity contribution in [3.8, 4) is 0 Å². The highest BCUT2D eigenvalue weighted by Crippen LogP contribution is 2.37. The lowest BCUT2D eigenvalue weighted by atomic mass is 10.3. The average molecular weight is 187 g/mol. The van der Waals surface area contributed by atoms with Crippen LogP contribution in [0.15, 0.2) is 0 Å². The highest BCUT2D eigenvalue weighted by Gasteiger charge is 2.38. The summed E-state index contributed by atoms with van der Waals surface area (Å²) in [5.41, 5.74) is 0. The normalized spacial score (nSPS) is 25.7. The number of rotatable bonds is 6. The van der Waals surface area contributed by atoms with E-state index in [1.165, 1.54) is 0 Å². The highest BCUT2D eigenvalue weighted by atomic mass is 16.5. The maximum Gasteiger partial charge on any atom is 0.223 e. The number of nitrogens with one attached hydrogen (secondary N) is 1. The number of hydrogen-bond acceptors (Lipinski definition) is 3. The summed E-state index contributed by atoms with van der Waals surface area (Å²) < 4.78 is 5.00. The molecular formula is C9H17NO3. The Morgan fingerprint density at radius 1 is 1.62 bits per heavy atom. The van der Waals surface area contributed by atoms with Crippen LogP contribution in [-0.2, 0) is 9.53 Å². The van der Waals surface area contributed by atoms with Crippen molar-refractivity contribution >= 4 is 5.91 Å². The monoisotopic (exact) mass is 187 g/mol. The molecular weight excluding hydrogens is 170 g/mol. The summed E-state index contributed by atoms with van der Waals surface area (Å²) in [4.78, 5) is 11.2. The second kappa shape index (κ2) is 5.19. The minimum atomic E-state index is 0.0353. The molecule has 13 heavy (non-hydrogen) atoms. The molecule has 0 bridgehead atoms. The SMILES string of the molecule is CC1CC1C(=O)NCCOCCO. The van der Waals surface area contributed by atoms with Crippen LogP contribution in [0.5, 0.6) is 0 Å². The van der Waals surface area contributed by atoms with Crippen molar-refractivity contribution in [3.05, 3.63) is 0 Å². The van der Waals surface area contributed by atoms with Crippen molar-refractivity contribution in [2.45, 2.75) is 13.3 Å². The van der Waals surface area contributed by atoms with Gasteiger partial charge in [-0.15, -0.1) is 0 Å². The summed E-state index contributed by atoms with van der Waals surface area (Å²) in [6, 6.07) is 0. The van der Waals surface area contributed by atoms with E-state index in [2.05, 4.69) is 12.2 Å². The first-order chi connectivity index (χ1) is 6.25. The second-order valence-corrected chi connectivity index (χ2v) is 3.45. The van der Waals surface area contributed by atoms with Gasteiger partial charge < -0.3 is 15.2 Å². The standard InChI is InChI=1S/C9H17NO3/c1-7-6-8(7)9(12)10-2-4-13-5-3-11/h7-8,11H,2-6H2,1H3,(H,10,12). The Morgan fingerprint density at radius 2 is 2.31 bits per heavy atom. The summed E-state index contributed by atoms with van der Waals surface area (Å²) in [7, 11) is 0. The summed E-state index contributed by atoms with van der Waals surface area (Å²) in [6.45, 7) is 3.48. The third-order valence-electron chi connectivity index (χ3n) is 2.23. The molecule has 1 amide bonds. The zero-order valence-corrected chi connectivity index (χ0v) is 7.95. The van der Waals surface area contributed by atoms with E-state index < -0.39 is 0 Å². The number of ether oxygens (including phenoxy) is 1. The van der Waals surface area contributed by atoms with Crippen LogP contribution in [0.4, 0.5) is 0 Å². The molecule has 0 aromatic carbocycles. The van der Waals surface area contributed by atoms with Crippen LogP contribution in [0.2, 0.25) is 0 Å². The Morgan fingerprint density at radius 3 is 2.85 bits per heavy atom. The van der Waals surface area contributed by atoms with Gasteiger partial charge in [-0.25, -0.2) is 0 Å². The molecule has 0 spiro atoms. The van der Waals surface area contributed by atoms with Crippen molar-refractivity contribution in [2.24, 2.45) is 11.8 Å². The molecule has 2 N–H and O–H groups in total. The number of hydrogen-bond donors (Lipinski definition) is 2. The third-order valence-corrected chi connectivity index (χ3v) is 2.23. The molecule has 1 rings (SSSR count). The number of amides is 1. The molecule has 2 unspecified atom stereocenters. The van der Waals surface area contributed by atoms with Crippen LogP contribution in [0, 0.1) is 11.8 Å². The van der Waals surface area contributed by atoms with E-state index in [1.54, 1.807) is 0 Å². The third kappa shape index (κ3) is 3.74. The molecule has 0 heterocycles. The maximum absolute atomic E-state index is 11.2. The number of carbonyl (C=O) groups is 1. The van der Waals surface area contributed by atoms with E-state index in [-0.39, 0.29) is 18.4 Å². The van der Waals surface area contributed by atoms with Crippen molar-refractivity contribution in [3.63, 3.8) is 0 Å². The topological polar surface area (TPSA) is 58.6 Å². The van der Waals surface area contributed by atoms with Crippen molar-refractivity contribution in [1.82, 2.24) is 5.32 Å². The van der Waals surface area contributed by atoms with Gasteiger partial charge in [-0.3, -0.25) is 4.79 Å². The van der Waals surface area contributed by atoms with E-state index >= 15 is 0 Å². The zero-order chi connectivity index (χ0) is 9.68. The molecule has 4 nitrogen and oxygen atoms in total. The van der Waals surface area contributed by atoms with Crippen LogP contribution in [0.3, 0.4) is 0 Å². The van der Waals surface area contributed by atoms with E-state index in [9.17, 15) is 4.79 Å². The fourth-order valence-corrected chi connectivity index (χ4v) is 1.23. The molecule has 1 saturated carbocycles. The average Bonchev–Trinajstić information content (AvgIpc) is 2.82. The van der Waals surface area contributed by atoms with Gasteiger partial charge in [0.2, 0.25) is 5.91 Å². The first kappa shape index (κ1) is 10.5. The summed E-state index contributed by atoms with van der Waals surface area (Å²) in [5, 5.41) is 11.2. The highest BCUT2D eigenvalue weighted by molar-refractivity contribution is 5.81. The molecule has 2 atom stereocenters. The fraction of sp³-hybridized carbons (Fsp3) is 0.889. The lowest BCUT2D eigenvalue weighted by molar-refractivity contribution is -0.122. The quantitative estimate of drug-likeness (QED) is 0.565. The van der Waals surface area contributed by atoms with Crippen LogP contribution < -0.4 is 5.32 Å². The minimum Gasteiger partial charge on any atom is -0.394 e. The Kier molecular flexibility index (Phi) is 4.18. The van der Waals surface area contributed by atoms with E-state index in [4.69, 9.17) is 9.84 Å². The number of carbonyl (C=O) groups excluding carboxylic acids is 1. The van der Waals surface area contributed by atoms with Crippen LogP contribution in [0.25, 0.3) is 0 Å². The van der Waals surface area contributed by atoms with Gasteiger partial charge in [0.15, 0.2) is 0 Å². The first-order valence-corrected chi connectivity index (χ1v) is 4.72. The summed E-state index contributed by atoms with van der Waals surface area (Å²) in [5.74, 6) is 0.927. The predicted octanol–water partition coefficient (Wildman–Crippen LogP) is -0.233. The lowest BCUT2D eigenvalue weighted by Gasteiger charge is -2.04. The van der Waals surface area contributed by atoms with E-state index in [1.807, 2.05) is 0 Å². The largest absolute Gasteiger partial charge is 0.394 e. The first-order valence-electron chi connectivity index (χ1n) is 4.72. The maximum atomic E-state index is 11.2. The molecule has 1 fully saturated rings. The van der Waals surface area contributed by atoms with Crippen LogP contribution >= 0.6 is 0 Å². The summed E-state index contributed by atoms with van der Waals surface area (Å²) >= 11 is 0. The van der Waals surface area contributed by atoms with Gasteiger partial charge >= 0.3 is 0 Å². The van der Waals surface area contributed by atoms with Gasteiger partial charge in [0.25, 0.3) is 0 Å². The molecule has 1 aliphatic rings. The molecule has 0 aromatic rings. The molecule has 0 aromatic heterocycles. The number of aliphatic hydroxyl groups excluding tert-OH is 1. The Balaban J connectivity index is 1.91. The van der Waals surface area contributed by atoms with Crippen molar-refractivity contribution < 1.29 is 14.6 Å². The second-order valence-electron chi connectivity index (χ2n) is 3.45. The van der Waals surface area contributed by atoms with Gasteiger partial charge in [0.05, 0.1) is 19.8 Å². The van der Waals surface area contributed by atoms with E-state index in [0.717, 1.165) is 6.42 Å². The van der Waals surface area contributed by atoms with Crippen molar-refractivity contribution in [2.75, 3.05) is 26.4 Å². The molecule has 76 valence electrons. The Labute approximate surface area is 78.3 Å². The molecule has 0 aliphatic heterocycles. The van der Waals surface area contributed by atoms with Gasteiger partial charge in [0, 0.05) is 12.5 Å². The predicted molar refractivity (Wildman–Crippen MR) is 48.2 cm³/mol. The van der Waals surface area contributed by atoms with Crippen LogP contribution in [-0.4, -0.2) is 37.4 Å². The molecule has 1 aliphatic carbocycles. The Hall–Kier alpha value is -0.610. The molecule has 0 saturated heterocycles. The van der Waals surface area contributed by atoms with Gasteiger partial charge in [0.1, 0.15) is 0 Å². The zero-order valence-electron chi connectivity index (χ0n) is 7.95.